The Morgan fingerprint density at radius 2 is 1.75 bits per heavy atom. The molecule has 0 radical (unpaired) electrons. The molecule has 1 atom stereocenters. The van der Waals surface area contributed by atoms with Crippen molar-refractivity contribution in [3.8, 4) is 11.1 Å². The van der Waals surface area contributed by atoms with Crippen molar-refractivity contribution in [2.45, 2.75) is 12.8 Å². The first kappa shape index (κ1) is 18.5. The van der Waals surface area contributed by atoms with E-state index in [-0.39, 0.29) is 25.7 Å². The number of nitrogens with zero attached hydrogens (tertiary/aromatic N) is 1. The number of carboxylic acid groups (broad SMARTS) is 1. The van der Waals surface area contributed by atoms with Gasteiger partial charge in [0.05, 0.1) is 13.2 Å². The van der Waals surface area contributed by atoms with Crippen molar-refractivity contribution in [3.63, 3.8) is 0 Å². The van der Waals surface area contributed by atoms with Crippen molar-refractivity contribution in [2.24, 2.45) is 5.41 Å². The van der Waals surface area contributed by atoms with Gasteiger partial charge in [-0.05, 0) is 29.2 Å². The van der Waals surface area contributed by atoms with Crippen LogP contribution >= 0.6 is 0 Å². The van der Waals surface area contributed by atoms with Crippen LogP contribution in [0.15, 0.2) is 48.5 Å². The number of fused-ring (bicyclic) bond motifs is 3. The number of hydrogen-bond donors (Lipinski definition) is 1. The van der Waals surface area contributed by atoms with Crippen LogP contribution in [0.4, 0.5) is 4.79 Å². The molecule has 2 aliphatic rings. The smallest absolute Gasteiger partial charge is 0.409 e. The van der Waals surface area contributed by atoms with Crippen molar-refractivity contribution in [1.29, 1.82) is 0 Å². The topological polar surface area (TPSA) is 76.1 Å². The molecule has 1 N–H and O–H groups in total. The third-order valence-electron chi connectivity index (χ3n) is 5.58. The average Bonchev–Trinajstić information content (AvgIpc) is 2.86. The number of ether oxygens (including phenoxy) is 2. The van der Waals surface area contributed by atoms with E-state index in [0.717, 1.165) is 11.1 Å². The average molecular weight is 381 g/mol. The van der Waals surface area contributed by atoms with Crippen molar-refractivity contribution in [3.05, 3.63) is 59.7 Å². The van der Waals surface area contributed by atoms with E-state index in [1.54, 1.807) is 6.92 Å². The summed E-state index contributed by atoms with van der Waals surface area (Å²) in [4.78, 5) is 25.7. The standard InChI is InChI=1S/C22H23NO5/c1-22(20(24)25)13-23(10-11-27-14-22)21(26)28-12-19-17-8-4-2-6-15(17)16-7-3-5-9-18(16)19/h2-9,19H,10-14H2,1H3,(H,24,25). The van der Waals surface area contributed by atoms with E-state index in [1.165, 1.54) is 16.0 Å². The van der Waals surface area contributed by atoms with Gasteiger partial charge < -0.3 is 19.5 Å². The van der Waals surface area contributed by atoms with E-state index in [1.807, 2.05) is 24.3 Å². The van der Waals surface area contributed by atoms with E-state index < -0.39 is 17.5 Å². The first-order chi connectivity index (χ1) is 13.5. The summed E-state index contributed by atoms with van der Waals surface area (Å²) in [7, 11) is 0. The zero-order valence-corrected chi connectivity index (χ0v) is 15.8. The van der Waals surface area contributed by atoms with Gasteiger partial charge in [0.15, 0.2) is 0 Å². The molecule has 6 nitrogen and oxygen atoms in total. The van der Waals surface area contributed by atoms with E-state index in [0.29, 0.717) is 13.2 Å². The minimum atomic E-state index is -1.14. The van der Waals surface area contributed by atoms with E-state index in [9.17, 15) is 14.7 Å². The fourth-order valence-electron chi connectivity index (χ4n) is 3.99. The van der Waals surface area contributed by atoms with Crippen molar-refractivity contribution in [2.75, 3.05) is 32.9 Å². The summed E-state index contributed by atoms with van der Waals surface area (Å²) in [6, 6.07) is 16.3. The predicted octanol–water partition coefficient (Wildman–Crippen LogP) is 3.36. The van der Waals surface area contributed by atoms with Crippen LogP contribution in [0.3, 0.4) is 0 Å². The summed E-state index contributed by atoms with van der Waals surface area (Å²) in [6.45, 7) is 2.57. The molecular formula is C22H23NO5. The first-order valence-electron chi connectivity index (χ1n) is 9.41. The van der Waals surface area contributed by atoms with Gasteiger partial charge in [-0.2, -0.15) is 0 Å². The molecule has 1 aliphatic heterocycles. The summed E-state index contributed by atoms with van der Waals surface area (Å²) < 4.78 is 11.0. The number of carbonyl (C=O) groups is 2. The van der Waals surface area contributed by atoms with Crippen molar-refractivity contribution in [1.82, 2.24) is 4.90 Å². The van der Waals surface area contributed by atoms with Crippen LogP contribution in [-0.2, 0) is 14.3 Å². The van der Waals surface area contributed by atoms with Crippen LogP contribution in [0.5, 0.6) is 0 Å². The molecule has 2 aromatic carbocycles. The molecule has 0 saturated carbocycles. The molecule has 1 saturated heterocycles. The lowest BCUT2D eigenvalue weighted by molar-refractivity contribution is -0.151. The van der Waals surface area contributed by atoms with Gasteiger partial charge in [-0.1, -0.05) is 48.5 Å². The Balaban J connectivity index is 1.50. The number of carboxylic acids is 1. The molecule has 0 aromatic heterocycles. The molecular weight excluding hydrogens is 358 g/mol. The molecule has 1 amide bonds. The second-order valence-electron chi connectivity index (χ2n) is 7.64. The third kappa shape index (κ3) is 3.24. The maximum absolute atomic E-state index is 12.7. The fourth-order valence-corrected chi connectivity index (χ4v) is 3.99. The Bertz CT molecular complexity index is 866. The van der Waals surface area contributed by atoms with Gasteiger partial charge in [-0.3, -0.25) is 4.79 Å². The molecule has 2 aromatic rings. The van der Waals surface area contributed by atoms with Gasteiger partial charge in [0, 0.05) is 19.0 Å². The summed E-state index contributed by atoms with van der Waals surface area (Å²) in [5.41, 5.74) is 3.49. The van der Waals surface area contributed by atoms with Gasteiger partial charge in [-0.25, -0.2) is 4.79 Å². The molecule has 0 bridgehead atoms. The molecule has 6 heteroatoms. The highest BCUT2D eigenvalue weighted by Gasteiger charge is 2.39. The molecule has 1 heterocycles. The Kier molecular flexibility index (Phi) is 4.81. The number of aliphatic carboxylic acids is 1. The van der Waals surface area contributed by atoms with Crippen LogP contribution in [0.2, 0.25) is 0 Å². The van der Waals surface area contributed by atoms with E-state index in [4.69, 9.17) is 9.47 Å². The van der Waals surface area contributed by atoms with Gasteiger partial charge in [-0.15, -0.1) is 0 Å². The van der Waals surface area contributed by atoms with Gasteiger partial charge in [0.2, 0.25) is 0 Å². The highest BCUT2D eigenvalue weighted by molar-refractivity contribution is 5.79. The minimum Gasteiger partial charge on any atom is -0.481 e. The van der Waals surface area contributed by atoms with Gasteiger partial charge in [0.1, 0.15) is 12.0 Å². The number of carbonyl (C=O) groups excluding carboxylic acids is 1. The number of hydrogen-bond acceptors (Lipinski definition) is 4. The zero-order chi connectivity index (χ0) is 19.7. The Morgan fingerprint density at radius 1 is 1.14 bits per heavy atom. The lowest BCUT2D eigenvalue weighted by atomic mass is 9.91. The lowest BCUT2D eigenvalue weighted by Crippen LogP contribution is -2.44. The Hall–Kier alpha value is -2.86. The predicted molar refractivity (Wildman–Crippen MR) is 103 cm³/mol. The fraction of sp³-hybridized carbons (Fsp3) is 0.364. The second-order valence-corrected chi connectivity index (χ2v) is 7.64. The minimum absolute atomic E-state index is 0.0227. The largest absolute Gasteiger partial charge is 0.481 e. The summed E-state index contributed by atoms with van der Waals surface area (Å²) in [5.74, 6) is -1.00. The van der Waals surface area contributed by atoms with Crippen LogP contribution in [0, 0.1) is 5.41 Å². The SMILES string of the molecule is CC1(C(=O)O)COCCN(C(=O)OCC2c3ccccc3-c3ccccc32)C1. The monoisotopic (exact) mass is 381 g/mol. The third-order valence-corrected chi connectivity index (χ3v) is 5.58. The molecule has 4 rings (SSSR count). The number of amides is 1. The van der Waals surface area contributed by atoms with Crippen LogP contribution in [0.25, 0.3) is 11.1 Å². The van der Waals surface area contributed by atoms with Crippen LogP contribution in [-0.4, -0.2) is 55.0 Å². The van der Waals surface area contributed by atoms with Crippen LogP contribution in [0.1, 0.15) is 24.0 Å². The molecule has 1 aliphatic carbocycles. The Labute approximate surface area is 163 Å². The summed E-state index contributed by atoms with van der Waals surface area (Å²) >= 11 is 0. The van der Waals surface area contributed by atoms with Crippen molar-refractivity contribution >= 4 is 12.1 Å². The van der Waals surface area contributed by atoms with Crippen molar-refractivity contribution < 1.29 is 24.2 Å². The number of rotatable bonds is 3. The Morgan fingerprint density at radius 3 is 2.36 bits per heavy atom. The maximum atomic E-state index is 12.7. The lowest BCUT2D eigenvalue weighted by Gasteiger charge is -2.28. The molecule has 0 spiro atoms. The quantitative estimate of drug-likeness (QED) is 0.882. The normalized spacial score (nSPS) is 21.5. The second kappa shape index (κ2) is 7.28. The van der Waals surface area contributed by atoms with Gasteiger partial charge >= 0.3 is 12.1 Å². The first-order valence-corrected chi connectivity index (χ1v) is 9.41. The molecule has 28 heavy (non-hydrogen) atoms. The van der Waals surface area contributed by atoms with Gasteiger partial charge in [0.25, 0.3) is 0 Å². The highest BCUT2D eigenvalue weighted by Crippen LogP contribution is 2.44. The number of benzene rings is 2. The summed E-state index contributed by atoms with van der Waals surface area (Å²) in [6.07, 6.45) is -0.500. The summed E-state index contributed by atoms with van der Waals surface area (Å²) in [5, 5.41) is 9.48. The van der Waals surface area contributed by atoms with Crippen LogP contribution < -0.4 is 0 Å². The maximum Gasteiger partial charge on any atom is 0.409 e. The van der Waals surface area contributed by atoms with E-state index >= 15 is 0 Å². The molecule has 146 valence electrons. The van der Waals surface area contributed by atoms with E-state index in [2.05, 4.69) is 24.3 Å². The highest BCUT2D eigenvalue weighted by atomic mass is 16.6. The molecule has 1 fully saturated rings. The zero-order valence-electron chi connectivity index (χ0n) is 15.8. The molecule has 1 unspecified atom stereocenters.